The van der Waals surface area contributed by atoms with Crippen LogP contribution in [0.1, 0.15) is 55.3 Å². The second-order valence-electron chi connectivity index (χ2n) is 6.71. The number of hydrogen-bond acceptors (Lipinski definition) is 5. The minimum absolute atomic E-state index is 0.00117. The molecule has 0 spiro atoms. The lowest BCUT2D eigenvalue weighted by molar-refractivity contribution is -0.127. The predicted molar refractivity (Wildman–Crippen MR) is 99.7 cm³/mol. The number of carbonyl (C=O) groups excluding carboxylic acids is 2. The summed E-state index contributed by atoms with van der Waals surface area (Å²) < 4.78 is 1.81. The number of nitrogens with one attached hydrogen (secondary N) is 1. The molecule has 1 aliphatic rings. The van der Waals surface area contributed by atoms with Crippen LogP contribution in [0.2, 0.25) is 0 Å². The SMILES string of the molecule is CC[C@H](NC(=O)C1CCN(C(=O)c2ccncc2)CC1)c1ncnn1CC. The van der Waals surface area contributed by atoms with Crippen molar-refractivity contribution in [2.45, 2.75) is 45.7 Å². The van der Waals surface area contributed by atoms with Gasteiger partial charge in [0.1, 0.15) is 12.2 Å². The van der Waals surface area contributed by atoms with Crippen LogP contribution in [0, 0.1) is 5.92 Å². The number of hydrogen-bond donors (Lipinski definition) is 1. The van der Waals surface area contributed by atoms with E-state index >= 15 is 0 Å². The van der Waals surface area contributed by atoms with Crippen molar-refractivity contribution in [1.82, 2.24) is 30.0 Å². The van der Waals surface area contributed by atoms with Crippen molar-refractivity contribution < 1.29 is 9.59 Å². The molecule has 2 amide bonds. The van der Waals surface area contributed by atoms with E-state index in [1.54, 1.807) is 24.5 Å². The van der Waals surface area contributed by atoms with E-state index < -0.39 is 0 Å². The van der Waals surface area contributed by atoms with Crippen LogP contribution in [-0.2, 0) is 11.3 Å². The average Bonchev–Trinajstić information content (AvgIpc) is 3.20. The fourth-order valence-corrected chi connectivity index (χ4v) is 3.45. The van der Waals surface area contributed by atoms with Crippen molar-refractivity contribution in [2.24, 2.45) is 5.92 Å². The molecule has 0 aliphatic carbocycles. The predicted octanol–water partition coefficient (Wildman–Crippen LogP) is 1.81. The number of nitrogens with zero attached hydrogens (tertiary/aromatic N) is 5. The van der Waals surface area contributed by atoms with Gasteiger partial charge in [-0.05, 0) is 38.3 Å². The van der Waals surface area contributed by atoms with E-state index in [9.17, 15) is 9.59 Å². The summed E-state index contributed by atoms with van der Waals surface area (Å²) in [5, 5.41) is 7.30. The van der Waals surface area contributed by atoms with Crippen LogP contribution in [0.25, 0.3) is 0 Å². The lowest BCUT2D eigenvalue weighted by atomic mass is 9.95. The van der Waals surface area contributed by atoms with E-state index in [1.807, 2.05) is 23.4 Å². The van der Waals surface area contributed by atoms with Gasteiger partial charge >= 0.3 is 0 Å². The van der Waals surface area contributed by atoms with E-state index in [1.165, 1.54) is 6.33 Å². The van der Waals surface area contributed by atoms with Gasteiger partial charge in [-0.3, -0.25) is 14.6 Å². The van der Waals surface area contributed by atoms with Gasteiger partial charge in [0.15, 0.2) is 0 Å². The van der Waals surface area contributed by atoms with Crippen molar-refractivity contribution in [3.8, 4) is 0 Å². The lowest BCUT2D eigenvalue weighted by Gasteiger charge is -2.32. The maximum absolute atomic E-state index is 12.7. The van der Waals surface area contributed by atoms with Gasteiger partial charge in [-0.1, -0.05) is 6.92 Å². The van der Waals surface area contributed by atoms with Crippen molar-refractivity contribution >= 4 is 11.8 Å². The van der Waals surface area contributed by atoms with Crippen LogP contribution in [0.15, 0.2) is 30.9 Å². The zero-order valence-electron chi connectivity index (χ0n) is 15.8. The van der Waals surface area contributed by atoms with Crippen LogP contribution in [0.4, 0.5) is 0 Å². The van der Waals surface area contributed by atoms with Gasteiger partial charge in [-0.15, -0.1) is 0 Å². The first-order valence-corrected chi connectivity index (χ1v) is 9.51. The zero-order chi connectivity index (χ0) is 19.2. The molecule has 1 atom stereocenters. The Kier molecular flexibility index (Phi) is 6.16. The summed E-state index contributed by atoms with van der Waals surface area (Å²) >= 11 is 0. The molecule has 0 radical (unpaired) electrons. The Morgan fingerprint density at radius 2 is 1.93 bits per heavy atom. The molecule has 1 fully saturated rings. The Morgan fingerprint density at radius 1 is 1.22 bits per heavy atom. The van der Waals surface area contributed by atoms with Gasteiger partial charge in [0.25, 0.3) is 5.91 Å². The molecule has 0 unspecified atom stereocenters. The lowest BCUT2D eigenvalue weighted by Crippen LogP contribution is -2.44. The van der Waals surface area contributed by atoms with Crippen LogP contribution in [-0.4, -0.2) is 49.6 Å². The number of rotatable bonds is 6. The zero-order valence-corrected chi connectivity index (χ0v) is 15.8. The molecule has 1 aliphatic heterocycles. The Bertz CT molecular complexity index is 768. The molecule has 2 aromatic rings. The van der Waals surface area contributed by atoms with Crippen LogP contribution in [0.3, 0.4) is 0 Å². The number of pyridine rings is 1. The first-order valence-electron chi connectivity index (χ1n) is 9.51. The fraction of sp³-hybridized carbons (Fsp3) is 0.526. The average molecular weight is 370 g/mol. The molecule has 1 N–H and O–H groups in total. The second-order valence-corrected chi connectivity index (χ2v) is 6.71. The highest BCUT2D eigenvalue weighted by Gasteiger charge is 2.29. The highest BCUT2D eigenvalue weighted by atomic mass is 16.2. The summed E-state index contributed by atoms with van der Waals surface area (Å²) in [6, 6.07) is 3.30. The maximum atomic E-state index is 12.7. The number of aryl methyl sites for hydroxylation is 1. The highest BCUT2D eigenvalue weighted by Crippen LogP contribution is 2.21. The largest absolute Gasteiger partial charge is 0.346 e. The minimum Gasteiger partial charge on any atom is -0.346 e. The van der Waals surface area contributed by atoms with Crippen molar-refractivity contribution in [2.75, 3.05) is 13.1 Å². The van der Waals surface area contributed by atoms with Crippen molar-refractivity contribution in [3.63, 3.8) is 0 Å². The summed E-state index contributed by atoms with van der Waals surface area (Å²) in [7, 11) is 0. The smallest absolute Gasteiger partial charge is 0.253 e. The van der Waals surface area contributed by atoms with Gasteiger partial charge in [0.2, 0.25) is 5.91 Å². The summed E-state index contributed by atoms with van der Waals surface area (Å²) in [6.45, 7) is 5.91. The second kappa shape index (κ2) is 8.75. The maximum Gasteiger partial charge on any atom is 0.253 e. The van der Waals surface area contributed by atoms with Crippen LogP contribution >= 0.6 is 0 Å². The summed E-state index contributed by atoms with van der Waals surface area (Å²) in [5.74, 6) is 0.736. The van der Waals surface area contributed by atoms with Gasteiger partial charge in [0.05, 0.1) is 6.04 Å². The molecule has 0 bridgehead atoms. The molecule has 8 heteroatoms. The third-order valence-corrected chi connectivity index (χ3v) is 5.06. The summed E-state index contributed by atoms with van der Waals surface area (Å²) in [4.78, 5) is 35.3. The normalized spacial score (nSPS) is 16.1. The molecule has 2 aromatic heterocycles. The molecule has 0 aromatic carbocycles. The van der Waals surface area contributed by atoms with E-state index in [2.05, 4.69) is 20.4 Å². The Hall–Kier alpha value is -2.77. The molecule has 3 heterocycles. The number of piperidine rings is 1. The summed E-state index contributed by atoms with van der Waals surface area (Å²) in [5.41, 5.74) is 0.637. The molecule has 0 saturated carbocycles. The number of aromatic nitrogens is 4. The van der Waals surface area contributed by atoms with Crippen molar-refractivity contribution in [1.29, 1.82) is 0 Å². The van der Waals surface area contributed by atoms with Gasteiger partial charge in [-0.2, -0.15) is 5.10 Å². The number of carbonyl (C=O) groups is 2. The van der Waals surface area contributed by atoms with E-state index in [-0.39, 0.29) is 23.8 Å². The van der Waals surface area contributed by atoms with Crippen LogP contribution < -0.4 is 5.32 Å². The Labute approximate surface area is 159 Å². The van der Waals surface area contributed by atoms with E-state index in [4.69, 9.17) is 0 Å². The fourth-order valence-electron chi connectivity index (χ4n) is 3.45. The molecular weight excluding hydrogens is 344 g/mol. The third-order valence-electron chi connectivity index (χ3n) is 5.06. The molecule has 144 valence electrons. The monoisotopic (exact) mass is 370 g/mol. The highest BCUT2D eigenvalue weighted by molar-refractivity contribution is 5.94. The Morgan fingerprint density at radius 3 is 2.56 bits per heavy atom. The quantitative estimate of drug-likeness (QED) is 0.837. The molecule has 1 saturated heterocycles. The van der Waals surface area contributed by atoms with Crippen LogP contribution in [0.5, 0.6) is 0 Å². The minimum atomic E-state index is -0.142. The first-order chi connectivity index (χ1) is 13.1. The number of likely N-dealkylation sites (tertiary alicyclic amines) is 1. The van der Waals surface area contributed by atoms with Gasteiger partial charge in [-0.25, -0.2) is 9.67 Å². The van der Waals surface area contributed by atoms with Gasteiger partial charge in [0, 0.05) is 43.5 Å². The van der Waals surface area contributed by atoms with Gasteiger partial charge < -0.3 is 10.2 Å². The molecule has 27 heavy (non-hydrogen) atoms. The third kappa shape index (κ3) is 4.32. The Balaban J connectivity index is 1.56. The molecular formula is C19H26N6O2. The molecule has 3 rings (SSSR count). The first kappa shape index (κ1) is 19.0. The molecule has 8 nitrogen and oxygen atoms in total. The standard InChI is InChI=1S/C19H26N6O2/c1-3-16(17-21-13-22-25(17)4-2)23-18(26)14-7-11-24(12-8-14)19(27)15-5-9-20-10-6-15/h5-6,9-10,13-14,16H,3-4,7-8,11-12H2,1-2H3,(H,23,26)/t16-/m0/s1. The summed E-state index contributed by atoms with van der Waals surface area (Å²) in [6.07, 6.45) is 6.85. The van der Waals surface area contributed by atoms with Crippen molar-refractivity contribution in [3.05, 3.63) is 42.2 Å². The topological polar surface area (TPSA) is 93.0 Å². The number of amides is 2. The van der Waals surface area contributed by atoms with E-state index in [0.717, 1.165) is 18.8 Å². The van der Waals surface area contributed by atoms with E-state index in [0.29, 0.717) is 31.5 Å².